The Kier molecular flexibility index (Phi) is 6.53. The number of hydrogen-bond donors (Lipinski definition) is 2. The third-order valence-electron chi connectivity index (χ3n) is 8.52. The Morgan fingerprint density at radius 3 is 2.82 bits per heavy atom. The van der Waals surface area contributed by atoms with Crippen molar-refractivity contribution < 1.29 is 17.9 Å². The predicted molar refractivity (Wildman–Crippen MR) is 145 cm³/mol. The van der Waals surface area contributed by atoms with Crippen molar-refractivity contribution in [2.45, 2.75) is 49.6 Å². The molecule has 3 N–H and O–H groups in total. The van der Waals surface area contributed by atoms with Gasteiger partial charge in [0, 0.05) is 43.9 Å². The van der Waals surface area contributed by atoms with Gasteiger partial charge in [-0.05, 0) is 50.3 Å². The van der Waals surface area contributed by atoms with E-state index in [1.54, 1.807) is 12.1 Å². The highest BCUT2D eigenvalue weighted by Crippen LogP contribution is 2.42. The molecule has 5 heterocycles. The molecule has 38 heavy (non-hydrogen) atoms. The highest BCUT2D eigenvalue weighted by molar-refractivity contribution is 7.91. The van der Waals surface area contributed by atoms with Crippen LogP contribution in [0.3, 0.4) is 0 Å². The van der Waals surface area contributed by atoms with Gasteiger partial charge in [0.2, 0.25) is 0 Å². The third-order valence-corrected chi connectivity index (χ3v) is 10.3. The van der Waals surface area contributed by atoms with E-state index < -0.39 is 9.84 Å². The van der Waals surface area contributed by atoms with Gasteiger partial charge >= 0.3 is 0 Å². The summed E-state index contributed by atoms with van der Waals surface area (Å²) in [6.45, 7) is 5.37. The van der Waals surface area contributed by atoms with Crippen molar-refractivity contribution >= 4 is 38.3 Å². The second-order valence-electron chi connectivity index (χ2n) is 10.7. The van der Waals surface area contributed by atoms with Gasteiger partial charge in [-0.25, -0.2) is 18.4 Å². The lowest BCUT2D eigenvalue weighted by Gasteiger charge is -2.41. The van der Waals surface area contributed by atoms with E-state index in [-0.39, 0.29) is 29.9 Å². The van der Waals surface area contributed by atoms with Crippen LogP contribution < -0.4 is 15.5 Å². The highest BCUT2D eigenvalue weighted by Gasteiger charge is 2.47. The van der Waals surface area contributed by atoms with E-state index in [1.807, 2.05) is 12.3 Å². The number of ether oxygens (including phenoxy) is 2. The molecule has 1 spiro atoms. The minimum absolute atomic E-state index is 0.0465. The number of nitrogens with one attached hydrogen (secondary N) is 1. The van der Waals surface area contributed by atoms with Crippen LogP contribution in [0.4, 0.5) is 17.3 Å². The summed E-state index contributed by atoms with van der Waals surface area (Å²) >= 11 is 0. The number of anilines is 3. The lowest BCUT2D eigenvalue weighted by atomic mass is 9.73. The van der Waals surface area contributed by atoms with Crippen LogP contribution in [-0.2, 0) is 25.7 Å². The summed E-state index contributed by atoms with van der Waals surface area (Å²) in [6, 6.07) is 5.50. The molecule has 3 aliphatic heterocycles. The molecule has 0 unspecified atom stereocenters. The van der Waals surface area contributed by atoms with Crippen molar-refractivity contribution in [1.82, 2.24) is 20.2 Å². The fraction of sp³-hybridized carbons (Fsp3) is 0.577. The molecule has 2 aromatic heterocycles. The maximum atomic E-state index is 13.0. The summed E-state index contributed by atoms with van der Waals surface area (Å²) in [5.74, 6) is 1.43. The lowest BCUT2D eigenvalue weighted by Crippen LogP contribution is -2.50. The minimum atomic E-state index is -3.46. The summed E-state index contributed by atoms with van der Waals surface area (Å²) in [5, 5.41) is 7.64. The number of methoxy groups -OCH3 is 1. The van der Waals surface area contributed by atoms with Crippen LogP contribution in [0.25, 0.3) is 11.2 Å². The summed E-state index contributed by atoms with van der Waals surface area (Å²) in [6.07, 6.45) is 5.34. The Labute approximate surface area is 222 Å². The zero-order valence-electron chi connectivity index (χ0n) is 21.9. The molecule has 0 radical (unpaired) electrons. The summed E-state index contributed by atoms with van der Waals surface area (Å²) in [5.41, 5.74) is 9.48. The monoisotopic (exact) mass is 541 g/mol. The second-order valence-corrected chi connectivity index (χ2v) is 12.8. The number of sulfone groups is 1. The number of piperidine rings is 1. The van der Waals surface area contributed by atoms with Crippen LogP contribution in [-0.4, -0.2) is 86.4 Å². The van der Waals surface area contributed by atoms with E-state index >= 15 is 0 Å². The Morgan fingerprint density at radius 1 is 1.26 bits per heavy atom. The van der Waals surface area contributed by atoms with Gasteiger partial charge in [-0.2, -0.15) is 5.10 Å². The second kappa shape index (κ2) is 9.74. The maximum absolute atomic E-state index is 13.0. The summed E-state index contributed by atoms with van der Waals surface area (Å²) in [7, 11) is -1.95. The Balaban J connectivity index is 1.26. The lowest BCUT2D eigenvalue weighted by molar-refractivity contribution is 0.0974. The van der Waals surface area contributed by atoms with Crippen molar-refractivity contribution in [2.24, 2.45) is 11.1 Å². The van der Waals surface area contributed by atoms with Gasteiger partial charge in [0.1, 0.15) is 5.82 Å². The number of nitrogens with zero attached hydrogens (tertiary/aromatic N) is 5. The maximum Gasteiger partial charge on any atom is 0.183 e. The molecule has 11 nitrogen and oxygen atoms in total. The standard InChI is InChI=1S/C26H35N7O4S/c1-17-23(27)26(16-37-17)8-11-32(12-9-26)21-15-28-22-24(29-21)30-31-25(22)33-10-4-5-18-19(33)6-3-7-20(18)38(34,35)14-13-36-2/h3,6-7,15,17,23H,4-5,8-14,16,27H2,1-2H3,(H,29,30,31)/t17-,23+/m0/s1. The molecular formula is C26H35N7O4S. The zero-order chi connectivity index (χ0) is 26.5. The first-order valence-electron chi connectivity index (χ1n) is 13.3. The van der Waals surface area contributed by atoms with E-state index in [9.17, 15) is 8.42 Å². The molecule has 3 aliphatic rings. The number of benzene rings is 1. The van der Waals surface area contributed by atoms with Crippen LogP contribution in [0.15, 0.2) is 29.3 Å². The number of aromatic nitrogens is 4. The average Bonchev–Trinajstić information content (AvgIpc) is 3.48. The largest absolute Gasteiger partial charge is 0.384 e. The van der Waals surface area contributed by atoms with Gasteiger partial charge in [-0.1, -0.05) is 6.07 Å². The van der Waals surface area contributed by atoms with Gasteiger partial charge in [-0.15, -0.1) is 0 Å². The van der Waals surface area contributed by atoms with Crippen LogP contribution in [0, 0.1) is 5.41 Å². The third kappa shape index (κ3) is 4.23. The van der Waals surface area contributed by atoms with Crippen molar-refractivity contribution in [3.05, 3.63) is 30.0 Å². The molecule has 12 heteroatoms. The summed E-state index contributed by atoms with van der Waals surface area (Å²) < 4.78 is 36.9. The average molecular weight is 542 g/mol. The first-order chi connectivity index (χ1) is 18.3. The minimum Gasteiger partial charge on any atom is -0.384 e. The van der Waals surface area contributed by atoms with E-state index in [0.717, 1.165) is 56.0 Å². The van der Waals surface area contributed by atoms with Gasteiger partial charge in [0.15, 0.2) is 26.8 Å². The van der Waals surface area contributed by atoms with Crippen LogP contribution in [0.1, 0.15) is 31.7 Å². The molecule has 6 rings (SSSR count). The fourth-order valence-corrected chi connectivity index (χ4v) is 7.66. The van der Waals surface area contributed by atoms with Crippen LogP contribution >= 0.6 is 0 Å². The SMILES string of the molecule is COCCS(=O)(=O)c1cccc2c1CCCN2c1n[nH]c2nc(N3CCC4(CC3)CO[C@@H](C)[C@H]4N)cnc12. The molecule has 2 atom stereocenters. The number of aromatic amines is 1. The van der Waals surface area contributed by atoms with Crippen molar-refractivity contribution in [3.8, 4) is 0 Å². The van der Waals surface area contributed by atoms with Crippen molar-refractivity contribution in [2.75, 3.05) is 55.5 Å². The molecule has 0 aliphatic carbocycles. The van der Waals surface area contributed by atoms with E-state index in [1.165, 1.54) is 7.11 Å². The van der Waals surface area contributed by atoms with Crippen LogP contribution in [0.5, 0.6) is 0 Å². The molecule has 204 valence electrons. The van der Waals surface area contributed by atoms with E-state index in [4.69, 9.17) is 25.2 Å². The van der Waals surface area contributed by atoms with Crippen molar-refractivity contribution in [3.63, 3.8) is 0 Å². The van der Waals surface area contributed by atoms with Gasteiger partial charge in [0.05, 0.1) is 36.2 Å². The summed E-state index contributed by atoms with van der Waals surface area (Å²) in [4.78, 5) is 14.3. The Bertz CT molecular complexity index is 1430. The molecule has 0 amide bonds. The van der Waals surface area contributed by atoms with Gasteiger partial charge < -0.3 is 25.0 Å². The molecule has 2 saturated heterocycles. The molecular weight excluding hydrogens is 506 g/mol. The number of fused-ring (bicyclic) bond motifs is 2. The smallest absolute Gasteiger partial charge is 0.183 e. The Hall–Kier alpha value is -2.80. The first kappa shape index (κ1) is 25.5. The number of hydrogen-bond acceptors (Lipinski definition) is 10. The molecule has 0 bridgehead atoms. The molecule has 3 aromatic rings. The molecule has 1 aromatic carbocycles. The first-order valence-corrected chi connectivity index (χ1v) is 14.9. The number of nitrogens with two attached hydrogens (primary N) is 1. The van der Waals surface area contributed by atoms with E-state index in [2.05, 4.69) is 26.9 Å². The highest BCUT2D eigenvalue weighted by atomic mass is 32.2. The fourth-order valence-electron chi connectivity index (χ4n) is 6.18. The van der Waals surface area contributed by atoms with E-state index in [0.29, 0.717) is 34.8 Å². The van der Waals surface area contributed by atoms with Gasteiger partial charge in [0.25, 0.3) is 0 Å². The zero-order valence-corrected chi connectivity index (χ0v) is 22.7. The van der Waals surface area contributed by atoms with Crippen LogP contribution in [0.2, 0.25) is 0 Å². The molecule has 0 saturated carbocycles. The molecule has 2 fully saturated rings. The van der Waals surface area contributed by atoms with Gasteiger partial charge in [-0.3, -0.25) is 5.10 Å². The quantitative estimate of drug-likeness (QED) is 0.477. The van der Waals surface area contributed by atoms with Crippen molar-refractivity contribution in [1.29, 1.82) is 0 Å². The normalized spacial score (nSPS) is 23.3. The Morgan fingerprint density at radius 2 is 2.08 bits per heavy atom. The number of H-pyrrole nitrogens is 1. The number of rotatable bonds is 6. The topological polar surface area (TPSA) is 140 Å². The predicted octanol–water partition coefficient (Wildman–Crippen LogP) is 2.19.